The van der Waals surface area contributed by atoms with Crippen LogP contribution in [0.4, 0.5) is 5.82 Å². The normalized spacial score (nSPS) is 10.9. The highest BCUT2D eigenvalue weighted by molar-refractivity contribution is 5.39. The van der Waals surface area contributed by atoms with Crippen LogP contribution in [0, 0.1) is 6.92 Å². The van der Waals surface area contributed by atoms with E-state index in [0.29, 0.717) is 6.04 Å². The Hall–Kier alpha value is -1.87. The molecule has 3 nitrogen and oxygen atoms in total. The number of hydrogen-bond donors (Lipinski definition) is 1. The minimum Gasteiger partial charge on any atom is -0.355 e. The molecule has 0 bridgehead atoms. The van der Waals surface area contributed by atoms with Crippen molar-refractivity contribution >= 4 is 5.82 Å². The van der Waals surface area contributed by atoms with Gasteiger partial charge in [-0.1, -0.05) is 49.7 Å². The van der Waals surface area contributed by atoms with Gasteiger partial charge in [0.1, 0.15) is 5.82 Å². The van der Waals surface area contributed by atoms with Gasteiger partial charge in [0.15, 0.2) is 0 Å². The van der Waals surface area contributed by atoms with Crippen molar-refractivity contribution in [3.05, 3.63) is 59.3 Å². The fourth-order valence-electron chi connectivity index (χ4n) is 2.23. The highest BCUT2D eigenvalue weighted by Crippen LogP contribution is 2.14. The van der Waals surface area contributed by atoms with Crippen LogP contribution >= 0.6 is 0 Å². The Bertz CT molecular complexity index is 561. The topological polar surface area (TPSA) is 28.2 Å². The van der Waals surface area contributed by atoms with E-state index >= 15 is 0 Å². The molecule has 0 aliphatic heterocycles. The number of aryl methyl sites for hydroxylation is 1. The molecule has 0 amide bonds. The van der Waals surface area contributed by atoms with E-state index in [2.05, 4.69) is 79.4 Å². The minimum atomic E-state index is 0.494. The number of benzene rings is 1. The molecule has 1 aromatic carbocycles. The lowest BCUT2D eigenvalue weighted by Crippen LogP contribution is -2.22. The lowest BCUT2D eigenvalue weighted by atomic mass is 10.1. The maximum absolute atomic E-state index is 4.56. The zero-order valence-corrected chi connectivity index (χ0v) is 13.4. The van der Waals surface area contributed by atoms with E-state index in [9.17, 15) is 0 Å². The fraction of sp³-hybridized carbons (Fsp3) is 0.389. The summed E-state index contributed by atoms with van der Waals surface area (Å²) in [7, 11) is 2.08. The van der Waals surface area contributed by atoms with Gasteiger partial charge in [0.05, 0.1) is 0 Å². The van der Waals surface area contributed by atoms with E-state index in [-0.39, 0.29) is 0 Å². The molecule has 21 heavy (non-hydrogen) atoms. The third-order valence-electron chi connectivity index (χ3n) is 3.42. The molecule has 3 heteroatoms. The maximum Gasteiger partial charge on any atom is 0.128 e. The van der Waals surface area contributed by atoms with Gasteiger partial charge in [-0.05, 0) is 24.1 Å². The smallest absolute Gasteiger partial charge is 0.128 e. The molecular weight excluding hydrogens is 258 g/mol. The van der Waals surface area contributed by atoms with Gasteiger partial charge in [-0.3, -0.25) is 0 Å². The first-order valence-corrected chi connectivity index (χ1v) is 7.49. The lowest BCUT2D eigenvalue weighted by molar-refractivity contribution is 0.588. The molecule has 0 saturated carbocycles. The Balaban J connectivity index is 1.97. The van der Waals surface area contributed by atoms with Crippen molar-refractivity contribution in [2.45, 2.75) is 39.9 Å². The SMILES string of the molecule is Cc1cccc(CN(C)c2ccc(CNC(C)C)cn2)c1. The summed E-state index contributed by atoms with van der Waals surface area (Å²) in [6.07, 6.45) is 1.96. The molecule has 2 rings (SSSR count). The molecule has 1 aromatic heterocycles. The Morgan fingerprint density at radius 2 is 1.95 bits per heavy atom. The van der Waals surface area contributed by atoms with E-state index in [1.54, 1.807) is 0 Å². The van der Waals surface area contributed by atoms with Gasteiger partial charge < -0.3 is 10.2 Å². The first-order valence-electron chi connectivity index (χ1n) is 7.49. The predicted octanol–water partition coefficient (Wildman–Crippen LogP) is 3.52. The second kappa shape index (κ2) is 7.23. The van der Waals surface area contributed by atoms with Crippen LogP contribution in [-0.4, -0.2) is 18.1 Å². The Morgan fingerprint density at radius 3 is 2.57 bits per heavy atom. The summed E-state index contributed by atoms with van der Waals surface area (Å²) >= 11 is 0. The predicted molar refractivity (Wildman–Crippen MR) is 89.5 cm³/mol. The largest absolute Gasteiger partial charge is 0.355 e. The molecule has 1 N–H and O–H groups in total. The van der Waals surface area contributed by atoms with Crippen LogP contribution in [0.5, 0.6) is 0 Å². The van der Waals surface area contributed by atoms with Crippen molar-refractivity contribution in [3.8, 4) is 0 Å². The number of anilines is 1. The number of rotatable bonds is 6. The van der Waals surface area contributed by atoms with Gasteiger partial charge in [-0.15, -0.1) is 0 Å². The molecule has 0 aliphatic carbocycles. The van der Waals surface area contributed by atoms with Crippen molar-refractivity contribution in [1.29, 1.82) is 0 Å². The average molecular weight is 283 g/mol. The van der Waals surface area contributed by atoms with Gasteiger partial charge in [-0.2, -0.15) is 0 Å². The summed E-state index contributed by atoms with van der Waals surface area (Å²) in [6.45, 7) is 8.16. The van der Waals surface area contributed by atoms with Gasteiger partial charge in [0.2, 0.25) is 0 Å². The molecule has 1 heterocycles. The molecule has 112 valence electrons. The molecule has 0 atom stereocenters. The zero-order chi connectivity index (χ0) is 15.2. The van der Waals surface area contributed by atoms with Gasteiger partial charge in [0, 0.05) is 32.4 Å². The van der Waals surface area contributed by atoms with Crippen molar-refractivity contribution < 1.29 is 0 Å². The highest BCUT2D eigenvalue weighted by atomic mass is 15.2. The molecule has 0 radical (unpaired) electrons. The molecule has 0 unspecified atom stereocenters. The minimum absolute atomic E-state index is 0.494. The van der Waals surface area contributed by atoms with Crippen molar-refractivity contribution in [3.63, 3.8) is 0 Å². The molecule has 0 aliphatic rings. The van der Waals surface area contributed by atoms with Crippen LogP contribution < -0.4 is 10.2 Å². The monoisotopic (exact) mass is 283 g/mol. The second-order valence-corrected chi connectivity index (χ2v) is 5.91. The van der Waals surface area contributed by atoms with Crippen molar-refractivity contribution in [2.24, 2.45) is 0 Å². The molecule has 2 aromatic rings. The van der Waals surface area contributed by atoms with E-state index in [1.165, 1.54) is 16.7 Å². The maximum atomic E-state index is 4.56. The summed E-state index contributed by atoms with van der Waals surface area (Å²) in [6, 6.07) is 13.3. The number of hydrogen-bond acceptors (Lipinski definition) is 3. The van der Waals surface area contributed by atoms with Crippen LogP contribution in [0.25, 0.3) is 0 Å². The Morgan fingerprint density at radius 1 is 1.14 bits per heavy atom. The van der Waals surface area contributed by atoms with E-state index in [4.69, 9.17) is 0 Å². The van der Waals surface area contributed by atoms with Crippen molar-refractivity contribution in [2.75, 3.05) is 11.9 Å². The van der Waals surface area contributed by atoms with E-state index in [0.717, 1.165) is 18.9 Å². The molecule has 0 saturated heterocycles. The first-order chi connectivity index (χ1) is 10.0. The highest BCUT2D eigenvalue weighted by Gasteiger charge is 2.04. The standard InChI is InChI=1S/C18H25N3/c1-14(2)19-11-17-8-9-18(20-12-17)21(4)13-16-7-5-6-15(3)10-16/h5-10,12,14,19H,11,13H2,1-4H3. The summed E-state index contributed by atoms with van der Waals surface area (Å²) < 4.78 is 0. The van der Waals surface area contributed by atoms with Crippen LogP contribution in [0.2, 0.25) is 0 Å². The summed E-state index contributed by atoms with van der Waals surface area (Å²) in [4.78, 5) is 6.74. The van der Waals surface area contributed by atoms with Gasteiger partial charge in [-0.25, -0.2) is 4.98 Å². The van der Waals surface area contributed by atoms with E-state index < -0.39 is 0 Å². The zero-order valence-electron chi connectivity index (χ0n) is 13.4. The third-order valence-corrected chi connectivity index (χ3v) is 3.42. The van der Waals surface area contributed by atoms with Crippen LogP contribution in [0.15, 0.2) is 42.6 Å². The lowest BCUT2D eigenvalue weighted by Gasteiger charge is -2.19. The summed E-state index contributed by atoms with van der Waals surface area (Å²) in [5.41, 5.74) is 3.82. The van der Waals surface area contributed by atoms with E-state index in [1.807, 2.05) is 6.20 Å². The van der Waals surface area contributed by atoms with Gasteiger partial charge >= 0.3 is 0 Å². The Labute approximate surface area is 128 Å². The molecule has 0 spiro atoms. The average Bonchev–Trinajstić information content (AvgIpc) is 2.45. The number of nitrogens with zero attached hydrogens (tertiary/aromatic N) is 2. The number of nitrogens with one attached hydrogen (secondary N) is 1. The quantitative estimate of drug-likeness (QED) is 0.879. The molecule has 0 fully saturated rings. The van der Waals surface area contributed by atoms with Crippen LogP contribution in [0.3, 0.4) is 0 Å². The number of aromatic nitrogens is 1. The van der Waals surface area contributed by atoms with Crippen LogP contribution in [-0.2, 0) is 13.1 Å². The first kappa shape index (κ1) is 15.5. The third kappa shape index (κ3) is 4.87. The molecular formula is C18H25N3. The fourth-order valence-corrected chi connectivity index (χ4v) is 2.23. The summed E-state index contributed by atoms with van der Waals surface area (Å²) in [5, 5.41) is 3.40. The summed E-state index contributed by atoms with van der Waals surface area (Å²) in [5.74, 6) is 1.00. The van der Waals surface area contributed by atoms with Gasteiger partial charge in [0.25, 0.3) is 0 Å². The van der Waals surface area contributed by atoms with Crippen molar-refractivity contribution in [1.82, 2.24) is 10.3 Å². The second-order valence-electron chi connectivity index (χ2n) is 5.91. The van der Waals surface area contributed by atoms with Crippen LogP contribution in [0.1, 0.15) is 30.5 Å². The Kier molecular flexibility index (Phi) is 5.34. The number of pyridine rings is 1.